The number of halogens is 4. The minimum absolute atomic E-state index is 0.200. The molecule has 31 heavy (non-hydrogen) atoms. The molecule has 0 unspecified atom stereocenters. The van der Waals surface area contributed by atoms with Gasteiger partial charge in [-0.1, -0.05) is 18.2 Å². The van der Waals surface area contributed by atoms with E-state index >= 15 is 0 Å². The van der Waals surface area contributed by atoms with Gasteiger partial charge in [-0.2, -0.15) is 13.2 Å². The summed E-state index contributed by atoms with van der Waals surface area (Å²) in [6.45, 7) is 7.48. The van der Waals surface area contributed by atoms with Crippen molar-refractivity contribution in [3.05, 3.63) is 65.2 Å². The van der Waals surface area contributed by atoms with E-state index in [1.54, 1.807) is 0 Å². The van der Waals surface area contributed by atoms with Crippen molar-refractivity contribution in [3.8, 4) is 0 Å². The van der Waals surface area contributed by atoms with Gasteiger partial charge in [0.1, 0.15) is 11.5 Å². The van der Waals surface area contributed by atoms with Crippen LogP contribution in [0.4, 0.5) is 17.6 Å². The van der Waals surface area contributed by atoms with Crippen molar-refractivity contribution in [2.75, 3.05) is 39.3 Å². The fraction of sp³-hybridized carbons (Fsp3) is 0.522. The van der Waals surface area contributed by atoms with Gasteiger partial charge < -0.3 is 0 Å². The number of hydrogen-bond donors (Lipinski definition) is 0. The third-order valence-corrected chi connectivity index (χ3v) is 6.32. The quantitative estimate of drug-likeness (QED) is 0.661. The molecular weight excluding hydrogens is 408 g/mol. The number of hydrogen-bond acceptors (Lipinski definition) is 4. The topological polar surface area (TPSA) is 22.6 Å². The standard InChI is InChI=1S/C23H28F4N4/c24-20-4-1-18(2-5-20)16-30-11-13-31(14-12-30)21-7-9-29(10-8-21)17-19-3-6-22(28-15-19)23(25,26)27/h1-6,15,21H,7-14,16-17H2. The molecule has 0 bridgehead atoms. The largest absolute Gasteiger partial charge is 0.433 e. The van der Waals surface area contributed by atoms with Crippen molar-refractivity contribution in [2.45, 2.75) is 38.1 Å². The predicted molar refractivity (Wildman–Crippen MR) is 111 cm³/mol. The molecule has 2 saturated heterocycles. The molecule has 3 heterocycles. The van der Waals surface area contributed by atoms with Crippen LogP contribution in [-0.4, -0.2) is 65.0 Å². The summed E-state index contributed by atoms with van der Waals surface area (Å²) in [4.78, 5) is 10.8. The minimum atomic E-state index is -4.39. The normalized spacial score (nSPS) is 20.3. The minimum Gasteiger partial charge on any atom is -0.299 e. The maximum Gasteiger partial charge on any atom is 0.433 e. The number of piperazine rings is 1. The zero-order chi connectivity index (χ0) is 21.8. The van der Waals surface area contributed by atoms with Crippen molar-refractivity contribution < 1.29 is 17.6 Å². The van der Waals surface area contributed by atoms with Crippen molar-refractivity contribution >= 4 is 0 Å². The average Bonchev–Trinajstić information content (AvgIpc) is 2.76. The number of nitrogens with zero attached hydrogens (tertiary/aromatic N) is 4. The molecule has 8 heteroatoms. The lowest BCUT2D eigenvalue weighted by molar-refractivity contribution is -0.141. The highest BCUT2D eigenvalue weighted by Gasteiger charge is 2.32. The zero-order valence-electron chi connectivity index (χ0n) is 17.5. The molecule has 2 aromatic rings. The zero-order valence-corrected chi connectivity index (χ0v) is 17.5. The second kappa shape index (κ2) is 9.63. The van der Waals surface area contributed by atoms with Gasteiger partial charge in [-0.3, -0.25) is 19.7 Å². The first-order valence-corrected chi connectivity index (χ1v) is 10.8. The summed E-state index contributed by atoms with van der Waals surface area (Å²) in [7, 11) is 0. The number of alkyl halides is 3. The first-order valence-electron chi connectivity index (χ1n) is 10.8. The summed E-state index contributed by atoms with van der Waals surface area (Å²) in [5, 5.41) is 0. The highest BCUT2D eigenvalue weighted by atomic mass is 19.4. The van der Waals surface area contributed by atoms with E-state index in [0.717, 1.165) is 75.8 Å². The number of aromatic nitrogens is 1. The molecule has 2 fully saturated rings. The molecule has 168 valence electrons. The third kappa shape index (κ3) is 6.02. The van der Waals surface area contributed by atoms with Crippen LogP contribution in [0.3, 0.4) is 0 Å². The molecule has 0 aliphatic carbocycles. The molecular formula is C23H28F4N4. The molecule has 4 nitrogen and oxygen atoms in total. The van der Waals surface area contributed by atoms with Gasteiger partial charge in [0.25, 0.3) is 0 Å². The van der Waals surface area contributed by atoms with Gasteiger partial charge in [0.15, 0.2) is 0 Å². The summed E-state index contributed by atoms with van der Waals surface area (Å²) < 4.78 is 51.0. The molecule has 0 saturated carbocycles. The Morgan fingerprint density at radius 1 is 0.774 bits per heavy atom. The molecule has 0 radical (unpaired) electrons. The summed E-state index contributed by atoms with van der Waals surface area (Å²) in [5.74, 6) is -0.200. The van der Waals surface area contributed by atoms with Crippen LogP contribution in [-0.2, 0) is 19.3 Å². The van der Waals surface area contributed by atoms with Gasteiger partial charge in [0, 0.05) is 51.5 Å². The Balaban J connectivity index is 1.19. The highest BCUT2D eigenvalue weighted by molar-refractivity contribution is 5.17. The van der Waals surface area contributed by atoms with Crippen molar-refractivity contribution in [1.82, 2.24) is 19.7 Å². The lowest BCUT2D eigenvalue weighted by Gasteiger charge is -2.42. The molecule has 0 N–H and O–H groups in total. The number of rotatable bonds is 5. The summed E-state index contributed by atoms with van der Waals surface area (Å²) in [5.41, 5.74) is 1.12. The summed E-state index contributed by atoms with van der Waals surface area (Å²) >= 11 is 0. The Bertz CT molecular complexity index is 822. The fourth-order valence-corrected chi connectivity index (χ4v) is 4.52. The molecule has 1 aromatic carbocycles. The maximum atomic E-state index is 13.1. The molecule has 0 atom stereocenters. The van der Waals surface area contributed by atoms with Gasteiger partial charge >= 0.3 is 6.18 Å². The SMILES string of the molecule is Fc1ccc(CN2CCN(C3CCN(Cc4ccc(C(F)(F)F)nc4)CC3)CC2)cc1. The van der Waals surface area contributed by atoms with Crippen LogP contribution in [0.15, 0.2) is 42.6 Å². The van der Waals surface area contributed by atoms with Crippen LogP contribution >= 0.6 is 0 Å². The number of pyridine rings is 1. The first-order chi connectivity index (χ1) is 14.9. The number of benzene rings is 1. The number of piperidine rings is 1. The van der Waals surface area contributed by atoms with Crippen LogP contribution in [0.2, 0.25) is 0 Å². The van der Waals surface area contributed by atoms with E-state index in [2.05, 4.69) is 19.7 Å². The lowest BCUT2D eigenvalue weighted by atomic mass is 10.0. The average molecular weight is 436 g/mol. The molecule has 0 spiro atoms. The predicted octanol–water partition coefficient (Wildman–Crippen LogP) is 4.02. The Hall–Kier alpha value is -2.03. The lowest BCUT2D eigenvalue weighted by Crippen LogP contribution is -2.52. The third-order valence-electron chi connectivity index (χ3n) is 6.32. The van der Waals surface area contributed by atoms with Crippen molar-refractivity contribution in [1.29, 1.82) is 0 Å². The van der Waals surface area contributed by atoms with Crippen LogP contribution in [0.25, 0.3) is 0 Å². The van der Waals surface area contributed by atoms with E-state index in [9.17, 15) is 17.6 Å². The summed E-state index contributed by atoms with van der Waals surface area (Å²) in [6.07, 6.45) is -0.896. The molecule has 0 amide bonds. The Labute approximate surface area is 180 Å². The smallest absolute Gasteiger partial charge is 0.299 e. The molecule has 4 rings (SSSR count). The van der Waals surface area contributed by atoms with Crippen LogP contribution in [0.5, 0.6) is 0 Å². The van der Waals surface area contributed by atoms with Crippen LogP contribution < -0.4 is 0 Å². The first kappa shape index (κ1) is 22.2. The molecule has 1 aromatic heterocycles. The van der Waals surface area contributed by atoms with E-state index in [-0.39, 0.29) is 5.82 Å². The van der Waals surface area contributed by atoms with E-state index in [1.165, 1.54) is 24.4 Å². The Kier molecular flexibility index (Phi) is 6.89. The molecule has 2 aliphatic heterocycles. The van der Waals surface area contributed by atoms with E-state index in [4.69, 9.17) is 0 Å². The Morgan fingerprint density at radius 3 is 1.94 bits per heavy atom. The van der Waals surface area contributed by atoms with Crippen LogP contribution in [0.1, 0.15) is 29.7 Å². The van der Waals surface area contributed by atoms with Crippen molar-refractivity contribution in [3.63, 3.8) is 0 Å². The number of likely N-dealkylation sites (tertiary alicyclic amines) is 1. The monoisotopic (exact) mass is 436 g/mol. The van der Waals surface area contributed by atoms with Gasteiger partial charge in [0.05, 0.1) is 0 Å². The van der Waals surface area contributed by atoms with Crippen molar-refractivity contribution in [2.24, 2.45) is 0 Å². The van der Waals surface area contributed by atoms with Gasteiger partial charge in [-0.25, -0.2) is 4.39 Å². The second-order valence-corrected chi connectivity index (χ2v) is 8.50. The van der Waals surface area contributed by atoms with E-state index < -0.39 is 11.9 Å². The van der Waals surface area contributed by atoms with Gasteiger partial charge in [-0.15, -0.1) is 0 Å². The van der Waals surface area contributed by atoms with E-state index in [1.807, 2.05) is 12.1 Å². The summed E-state index contributed by atoms with van der Waals surface area (Å²) in [6, 6.07) is 9.89. The van der Waals surface area contributed by atoms with Crippen LogP contribution in [0, 0.1) is 5.82 Å². The van der Waals surface area contributed by atoms with Gasteiger partial charge in [0.2, 0.25) is 0 Å². The highest BCUT2D eigenvalue weighted by Crippen LogP contribution is 2.27. The van der Waals surface area contributed by atoms with Gasteiger partial charge in [-0.05, 0) is 55.3 Å². The maximum absolute atomic E-state index is 13.1. The molecule has 2 aliphatic rings. The fourth-order valence-electron chi connectivity index (χ4n) is 4.52. The second-order valence-electron chi connectivity index (χ2n) is 8.50. The van der Waals surface area contributed by atoms with E-state index in [0.29, 0.717) is 12.6 Å². The Morgan fingerprint density at radius 2 is 1.35 bits per heavy atom.